The van der Waals surface area contributed by atoms with E-state index in [1.807, 2.05) is 36.5 Å². The molecule has 1 fully saturated rings. The van der Waals surface area contributed by atoms with Gasteiger partial charge in [-0.25, -0.2) is 19.6 Å². The monoisotopic (exact) mass is 481 g/mol. The highest BCUT2D eigenvalue weighted by atomic mass is 16.5. The third kappa shape index (κ3) is 5.47. The van der Waals surface area contributed by atoms with Gasteiger partial charge < -0.3 is 15.0 Å². The summed E-state index contributed by atoms with van der Waals surface area (Å²) >= 11 is 0. The van der Waals surface area contributed by atoms with Crippen LogP contribution in [0.25, 0.3) is 22.6 Å². The minimum absolute atomic E-state index is 0.455. The predicted molar refractivity (Wildman–Crippen MR) is 136 cm³/mol. The van der Waals surface area contributed by atoms with Crippen LogP contribution in [0.2, 0.25) is 0 Å². The number of rotatable bonds is 9. The van der Waals surface area contributed by atoms with E-state index in [9.17, 15) is 5.26 Å². The molecule has 1 aliphatic heterocycles. The molecule has 0 saturated carbocycles. The molecule has 10 nitrogen and oxygen atoms in total. The Bertz CT molecular complexity index is 1370. The molecule has 5 rings (SSSR count). The fourth-order valence-electron chi connectivity index (χ4n) is 4.15. The fourth-order valence-corrected chi connectivity index (χ4v) is 4.15. The average Bonchev–Trinajstić information content (AvgIpc) is 3.62. The van der Waals surface area contributed by atoms with Crippen LogP contribution in [-0.2, 0) is 11.3 Å². The molecular weight excluding hydrogens is 454 g/mol. The van der Waals surface area contributed by atoms with Crippen molar-refractivity contribution in [2.75, 3.05) is 43.6 Å². The quantitative estimate of drug-likeness (QED) is 0.359. The normalized spacial score (nSPS) is 13.1. The first kappa shape index (κ1) is 23.4. The Balaban J connectivity index is 1.41. The van der Waals surface area contributed by atoms with Crippen LogP contribution in [0.3, 0.4) is 0 Å². The summed E-state index contributed by atoms with van der Waals surface area (Å²) in [4.78, 5) is 16.4. The number of aromatic nitrogens is 6. The summed E-state index contributed by atoms with van der Waals surface area (Å²) < 4.78 is 6.90. The van der Waals surface area contributed by atoms with Crippen molar-refractivity contribution in [1.29, 1.82) is 5.26 Å². The molecule has 0 aliphatic carbocycles. The maximum Gasteiger partial charge on any atom is 0.223 e. The maximum absolute atomic E-state index is 9.30. The first-order valence-corrected chi connectivity index (χ1v) is 12.0. The summed E-state index contributed by atoms with van der Waals surface area (Å²) in [5.41, 5.74) is 4.26. The van der Waals surface area contributed by atoms with Crippen LogP contribution in [-0.4, -0.2) is 63.3 Å². The molecule has 1 aromatic carbocycles. The van der Waals surface area contributed by atoms with Crippen LogP contribution in [0.5, 0.6) is 0 Å². The third-order valence-corrected chi connectivity index (χ3v) is 5.95. The summed E-state index contributed by atoms with van der Waals surface area (Å²) in [6.45, 7) is 3.70. The summed E-state index contributed by atoms with van der Waals surface area (Å²) in [5, 5.41) is 21.2. The first-order chi connectivity index (χ1) is 17.7. The number of hydrogen-bond acceptors (Lipinski definition) is 9. The number of nitriles is 1. The Morgan fingerprint density at radius 2 is 1.83 bits per heavy atom. The molecule has 4 heterocycles. The molecule has 10 heteroatoms. The maximum atomic E-state index is 9.30. The molecule has 0 radical (unpaired) electrons. The van der Waals surface area contributed by atoms with Crippen molar-refractivity contribution in [2.45, 2.75) is 19.4 Å². The van der Waals surface area contributed by atoms with Gasteiger partial charge in [0.05, 0.1) is 48.1 Å². The van der Waals surface area contributed by atoms with Gasteiger partial charge in [-0.1, -0.05) is 23.4 Å². The zero-order valence-corrected chi connectivity index (χ0v) is 20.1. The smallest absolute Gasteiger partial charge is 0.223 e. The highest BCUT2D eigenvalue weighted by molar-refractivity contribution is 5.68. The number of anilines is 2. The van der Waals surface area contributed by atoms with Gasteiger partial charge in [-0.15, -0.1) is 5.10 Å². The Morgan fingerprint density at radius 3 is 2.67 bits per heavy atom. The van der Waals surface area contributed by atoms with Gasteiger partial charge in [0.1, 0.15) is 11.5 Å². The molecule has 0 unspecified atom stereocenters. The molecule has 4 aromatic rings. The molecule has 182 valence electrons. The molecular formula is C26H27N9O. The zero-order valence-electron chi connectivity index (χ0n) is 20.1. The molecule has 0 amide bonds. The average molecular weight is 482 g/mol. The number of nitrogens with zero attached hydrogens (tertiary/aromatic N) is 8. The number of hydrogen-bond donors (Lipinski definition) is 1. The van der Waals surface area contributed by atoms with Crippen LogP contribution >= 0.6 is 0 Å². The summed E-state index contributed by atoms with van der Waals surface area (Å²) in [7, 11) is 1.64. The van der Waals surface area contributed by atoms with Gasteiger partial charge in [0.15, 0.2) is 0 Å². The number of nitrogens with one attached hydrogen (secondary N) is 1. The highest BCUT2D eigenvalue weighted by Gasteiger charge is 2.15. The van der Waals surface area contributed by atoms with Crippen molar-refractivity contribution < 1.29 is 4.74 Å². The summed E-state index contributed by atoms with van der Waals surface area (Å²) in [5.74, 6) is 1.47. The first-order valence-electron chi connectivity index (χ1n) is 12.0. The molecule has 0 spiro atoms. The fraction of sp³-hybridized carbons (Fsp3) is 0.308. The lowest BCUT2D eigenvalue weighted by atomic mass is 10.1. The summed E-state index contributed by atoms with van der Waals surface area (Å²) in [6.07, 6.45) is 4.28. The minimum Gasteiger partial charge on any atom is -0.383 e. The Kier molecular flexibility index (Phi) is 7.10. The molecule has 1 N–H and O–H groups in total. The van der Waals surface area contributed by atoms with Crippen molar-refractivity contribution in [3.05, 3.63) is 66.0 Å². The van der Waals surface area contributed by atoms with Gasteiger partial charge >= 0.3 is 0 Å². The molecule has 36 heavy (non-hydrogen) atoms. The van der Waals surface area contributed by atoms with Crippen molar-refractivity contribution in [2.24, 2.45) is 0 Å². The van der Waals surface area contributed by atoms with Gasteiger partial charge in [-0.2, -0.15) is 5.26 Å². The Morgan fingerprint density at radius 1 is 1.00 bits per heavy atom. The van der Waals surface area contributed by atoms with E-state index in [1.165, 1.54) is 12.8 Å². The van der Waals surface area contributed by atoms with Gasteiger partial charge in [0, 0.05) is 32.3 Å². The van der Waals surface area contributed by atoms with Gasteiger partial charge in [0.2, 0.25) is 5.95 Å². The van der Waals surface area contributed by atoms with Crippen molar-refractivity contribution in [1.82, 2.24) is 29.9 Å². The lowest BCUT2D eigenvalue weighted by molar-refractivity contribution is 0.210. The topological polar surface area (TPSA) is 118 Å². The minimum atomic E-state index is 0.455. The molecule has 1 saturated heterocycles. The Labute approximate surface area is 209 Å². The van der Waals surface area contributed by atoms with Gasteiger partial charge in [-0.3, -0.25) is 0 Å². The lowest BCUT2D eigenvalue weighted by Gasteiger charge is -2.16. The van der Waals surface area contributed by atoms with E-state index in [0.717, 1.165) is 30.2 Å². The third-order valence-electron chi connectivity index (χ3n) is 5.95. The number of methoxy groups -OCH3 is 1. The number of pyridine rings is 1. The van der Waals surface area contributed by atoms with E-state index in [-0.39, 0.29) is 0 Å². The van der Waals surface area contributed by atoms with E-state index in [2.05, 4.69) is 42.6 Å². The van der Waals surface area contributed by atoms with E-state index in [1.54, 1.807) is 23.9 Å². The summed E-state index contributed by atoms with van der Waals surface area (Å²) in [6, 6.07) is 17.5. The molecule has 3 aromatic heterocycles. The van der Waals surface area contributed by atoms with E-state index in [0.29, 0.717) is 48.3 Å². The predicted octanol–water partition coefficient (Wildman–Crippen LogP) is 3.38. The standard InChI is InChI=1S/C26H27N9O/c1-36-13-10-28-26-30-22(20-7-4-6-19(14-20)16-27)15-23(31-26)24-18-35(33-32-24)17-21-8-5-9-25(29-21)34-11-2-3-12-34/h4-9,14-15,18H,2-3,10-13,17H2,1H3,(H,28,30,31). The highest BCUT2D eigenvalue weighted by Crippen LogP contribution is 2.25. The lowest BCUT2D eigenvalue weighted by Crippen LogP contribution is -2.19. The van der Waals surface area contributed by atoms with Crippen molar-refractivity contribution in [3.63, 3.8) is 0 Å². The molecule has 0 atom stereocenters. The zero-order chi connectivity index (χ0) is 24.7. The van der Waals surface area contributed by atoms with E-state index in [4.69, 9.17) is 9.72 Å². The van der Waals surface area contributed by atoms with Crippen molar-refractivity contribution >= 4 is 11.8 Å². The molecule has 0 bridgehead atoms. The number of benzene rings is 1. The number of ether oxygens (including phenoxy) is 1. The second-order valence-electron chi connectivity index (χ2n) is 8.56. The van der Waals surface area contributed by atoms with Crippen LogP contribution in [0.4, 0.5) is 11.8 Å². The van der Waals surface area contributed by atoms with Crippen molar-refractivity contribution in [3.8, 4) is 28.7 Å². The van der Waals surface area contributed by atoms with Crippen LogP contribution in [0, 0.1) is 11.3 Å². The Hall–Kier alpha value is -4.36. The SMILES string of the molecule is COCCNc1nc(-c2cccc(C#N)c2)cc(-c2cn(Cc3cccc(N4CCCC4)n3)nn2)n1. The largest absolute Gasteiger partial charge is 0.383 e. The van der Waals surface area contributed by atoms with Crippen LogP contribution < -0.4 is 10.2 Å². The second-order valence-corrected chi connectivity index (χ2v) is 8.56. The van der Waals surface area contributed by atoms with Crippen LogP contribution in [0.15, 0.2) is 54.7 Å². The van der Waals surface area contributed by atoms with Gasteiger partial charge in [0.25, 0.3) is 0 Å². The second kappa shape index (κ2) is 10.9. The van der Waals surface area contributed by atoms with E-state index >= 15 is 0 Å². The van der Waals surface area contributed by atoms with E-state index < -0.39 is 0 Å². The van der Waals surface area contributed by atoms with Gasteiger partial charge in [-0.05, 0) is 43.2 Å². The molecule has 1 aliphatic rings. The van der Waals surface area contributed by atoms with Crippen LogP contribution in [0.1, 0.15) is 24.1 Å².